The Balaban J connectivity index is 1.66. The van der Waals surface area contributed by atoms with Crippen molar-refractivity contribution < 1.29 is 9.59 Å². The Labute approximate surface area is 244 Å². The van der Waals surface area contributed by atoms with Gasteiger partial charge in [-0.05, 0) is 82.1 Å². The monoisotopic (exact) mass is 622 g/mol. The number of carbonyl (C=O) groups is 2. The van der Waals surface area contributed by atoms with Gasteiger partial charge in [0.1, 0.15) is 0 Å². The van der Waals surface area contributed by atoms with Gasteiger partial charge >= 0.3 is 0 Å². The molecule has 5 rings (SSSR count). The molecule has 4 aromatic rings. The van der Waals surface area contributed by atoms with Crippen molar-refractivity contribution in [3.8, 4) is 11.6 Å². The second-order valence-corrected chi connectivity index (χ2v) is 11.3. The Bertz CT molecular complexity index is 1740. The van der Waals surface area contributed by atoms with E-state index in [0.29, 0.717) is 34.5 Å². The highest BCUT2D eigenvalue weighted by Crippen LogP contribution is 2.27. The van der Waals surface area contributed by atoms with Gasteiger partial charge in [-0.25, -0.2) is 14.2 Å². The molecule has 0 spiro atoms. The summed E-state index contributed by atoms with van der Waals surface area (Å²) in [4.78, 5) is 46.6. The van der Waals surface area contributed by atoms with Gasteiger partial charge in [0.05, 0.1) is 34.2 Å². The van der Waals surface area contributed by atoms with E-state index >= 15 is 0 Å². The van der Waals surface area contributed by atoms with Crippen molar-refractivity contribution in [2.24, 2.45) is 0 Å². The van der Waals surface area contributed by atoms with E-state index in [9.17, 15) is 14.4 Å². The van der Waals surface area contributed by atoms with E-state index < -0.39 is 0 Å². The van der Waals surface area contributed by atoms with Gasteiger partial charge in [-0.2, -0.15) is 5.10 Å². The van der Waals surface area contributed by atoms with E-state index in [1.54, 1.807) is 33.8 Å². The number of aromatic nitrogens is 4. The van der Waals surface area contributed by atoms with Crippen molar-refractivity contribution >= 4 is 39.3 Å². The molecule has 0 saturated heterocycles. The SMILES string of the molecule is CNC(=O)c1ccc(-n2c(-n3nc(C)cc3C)nc3c(c2=O)CC(C)N(C(=O)c2ccc(Br)c(C)c2)C3)cc1Cl. The van der Waals surface area contributed by atoms with Crippen LogP contribution in [0.4, 0.5) is 0 Å². The van der Waals surface area contributed by atoms with Crippen LogP contribution in [0.3, 0.4) is 0 Å². The van der Waals surface area contributed by atoms with Crippen molar-refractivity contribution in [3.05, 3.63) is 102 Å². The number of halogens is 2. The molecule has 0 bridgehead atoms. The van der Waals surface area contributed by atoms with Crippen LogP contribution in [0.2, 0.25) is 5.02 Å². The van der Waals surface area contributed by atoms with Crippen molar-refractivity contribution in [3.63, 3.8) is 0 Å². The van der Waals surface area contributed by atoms with Gasteiger partial charge in [0.15, 0.2) is 0 Å². The summed E-state index contributed by atoms with van der Waals surface area (Å²) in [5, 5.41) is 7.35. The first-order valence-electron chi connectivity index (χ1n) is 12.8. The standard InChI is InChI=1S/C29H28BrClN6O3/c1-15-10-19(6-9-23(15)30)27(39)35-14-25-22(12-17(35)3)28(40)36(29(33-25)37-18(4)11-16(2)34-37)20-7-8-21(24(31)13-20)26(38)32-5/h6-11,13,17H,12,14H2,1-5H3,(H,32,38). The first kappa shape index (κ1) is 27.8. The van der Waals surface area contributed by atoms with Crippen LogP contribution in [0.15, 0.2) is 51.7 Å². The van der Waals surface area contributed by atoms with Crippen molar-refractivity contribution in [1.82, 2.24) is 29.5 Å². The zero-order valence-electron chi connectivity index (χ0n) is 22.7. The lowest BCUT2D eigenvalue weighted by molar-refractivity contribution is 0.0652. The molecule has 3 heterocycles. The number of nitrogens with zero attached hydrogens (tertiary/aromatic N) is 5. The minimum atomic E-state index is -0.328. The summed E-state index contributed by atoms with van der Waals surface area (Å²) >= 11 is 9.96. The predicted octanol–water partition coefficient (Wildman–Crippen LogP) is 4.71. The van der Waals surface area contributed by atoms with E-state index in [1.807, 2.05) is 45.9 Å². The lowest BCUT2D eigenvalue weighted by atomic mass is 9.98. The van der Waals surface area contributed by atoms with Crippen molar-refractivity contribution in [2.75, 3.05) is 7.05 Å². The number of fused-ring (bicyclic) bond motifs is 1. The normalized spacial score (nSPS) is 14.7. The number of hydrogen-bond donors (Lipinski definition) is 1. The molecule has 1 N–H and O–H groups in total. The van der Waals surface area contributed by atoms with Crippen LogP contribution in [0.5, 0.6) is 0 Å². The lowest BCUT2D eigenvalue weighted by Gasteiger charge is -2.34. The zero-order chi connectivity index (χ0) is 28.9. The number of carbonyl (C=O) groups excluding carboxylic acids is 2. The van der Waals surface area contributed by atoms with Gasteiger partial charge in [0.2, 0.25) is 5.95 Å². The van der Waals surface area contributed by atoms with Gasteiger partial charge in [-0.3, -0.25) is 14.4 Å². The second kappa shape index (κ2) is 10.7. The van der Waals surface area contributed by atoms with Crippen LogP contribution in [0.1, 0.15) is 55.8 Å². The van der Waals surface area contributed by atoms with E-state index in [0.717, 1.165) is 21.4 Å². The number of benzene rings is 2. The van der Waals surface area contributed by atoms with Crippen molar-refractivity contribution in [1.29, 1.82) is 0 Å². The Morgan fingerprint density at radius 3 is 2.48 bits per heavy atom. The smallest absolute Gasteiger partial charge is 0.263 e. The molecule has 1 aliphatic heterocycles. The third-order valence-electron chi connectivity index (χ3n) is 7.14. The second-order valence-electron chi connectivity index (χ2n) is 10.0. The molecule has 9 nitrogen and oxygen atoms in total. The summed E-state index contributed by atoms with van der Waals surface area (Å²) < 4.78 is 4.02. The molecule has 1 atom stereocenters. The maximum atomic E-state index is 14.1. The molecule has 0 aliphatic carbocycles. The van der Waals surface area contributed by atoms with Gasteiger partial charge in [0.25, 0.3) is 17.4 Å². The Morgan fingerprint density at radius 1 is 1.10 bits per heavy atom. The average molecular weight is 624 g/mol. The van der Waals surface area contributed by atoms with E-state index in [1.165, 1.54) is 11.6 Å². The van der Waals surface area contributed by atoms with Crippen LogP contribution in [-0.4, -0.2) is 49.1 Å². The molecule has 11 heteroatoms. The maximum Gasteiger partial charge on any atom is 0.263 e. The summed E-state index contributed by atoms with van der Waals surface area (Å²) in [5.41, 5.74) is 4.63. The van der Waals surface area contributed by atoms with Crippen LogP contribution in [0.25, 0.3) is 11.6 Å². The van der Waals surface area contributed by atoms with E-state index in [2.05, 4.69) is 26.3 Å². The minimum absolute atomic E-state index is 0.121. The molecule has 1 unspecified atom stereocenters. The predicted molar refractivity (Wildman–Crippen MR) is 157 cm³/mol. The average Bonchev–Trinajstić information content (AvgIpc) is 3.26. The molecular formula is C29H28BrClN6O3. The number of nitrogens with one attached hydrogen (secondary N) is 1. The Morgan fingerprint density at radius 2 is 1.85 bits per heavy atom. The van der Waals surface area contributed by atoms with Crippen LogP contribution in [0, 0.1) is 20.8 Å². The van der Waals surface area contributed by atoms with Crippen LogP contribution >= 0.6 is 27.5 Å². The largest absolute Gasteiger partial charge is 0.355 e. The van der Waals surface area contributed by atoms with E-state index in [4.69, 9.17) is 16.6 Å². The molecule has 2 amide bonds. The molecule has 1 aliphatic rings. The third-order valence-corrected chi connectivity index (χ3v) is 8.35. The lowest BCUT2D eigenvalue weighted by Crippen LogP contribution is -2.46. The summed E-state index contributed by atoms with van der Waals surface area (Å²) in [6.45, 7) is 7.80. The molecule has 0 fully saturated rings. The van der Waals surface area contributed by atoms with Gasteiger partial charge in [0, 0.05) is 34.4 Å². The molecule has 206 valence electrons. The molecular weight excluding hydrogens is 596 g/mol. The summed E-state index contributed by atoms with van der Waals surface area (Å²) in [6.07, 6.45) is 0.337. The fraction of sp³-hybridized carbons (Fsp3) is 0.276. The van der Waals surface area contributed by atoms with Crippen LogP contribution in [-0.2, 0) is 13.0 Å². The van der Waals surface area contributed by atoms with Gasteiger partial charge in [-0.15, -0.1) is 0 Å². The summed E-state index contributed by atoms with van der Waals surface area (Å²) in [7, 11) is 1.53. The molecule has 0 saturated carbocycles. The van der Waals surface area contributed by atoms with E-state index in [-0.39, 0.29) is 40.9 Å². The zero-order valence-corrected chi connectivity index (χ0v) is 25.1. The molecule has 40 heavy (non-hydrogen) atoms. The highest BCUT2D eigenvalue weighted by Gasteiger charge is 2.32. The molecule has 2 aromatic carbocycles. The fourth-order valence-corrected chi connectivity index (χ4v) is 5.54. The highest BCUT2D eigenvalue weighted by atomic mass is 79.9. The summed E-state index contributed by atoms with van der Waals surface area (Å²) in [6, 6.07) is 12.0. The van der Waals surface area contributed by atoms with Crippen molar-refractivity contribution in [2.45, 2.75) is 46.7 Å². The first-order chi connectivity index (χ1) is 19.0. The maximum absolute atomic E-state index is 14.1. The summed E-state index contributed by atoms with van der Waals surface area (Å²) in [5.74, 6) is -0.172. The first-order valence-corrected chi connectivity index (χ1v) is 13.9. The topological polar surface area (TPSA) is 102 Å². The number of rotatable bonds is 4. The molecule has 2 aromatic heterocycles. The minimum Gasteiger partial charge on any atom is -0.355 e. The number of hydrogen-bond acceptors (Lipinski definition) is 5. The quantitative estimate of drug-likeness (QED) is 0.355. The van der Waals surface area contributed by atoms with Crippen LogP contribution < -0.4 is 10.9 Å². The Kier molecular flexibility index (Phi) is 7.41. The highest BCUT2D eigenvalue weighted by molar-refractivity contribution is 9.10. The third kappa shape index (κ3) is 4.86. The van der Waals surface area contributed by atoms with Gasteiger partial charge in [-0.1, -0.05) is 27.5 Å². The number of aryl methyl sites for hydroxylation is 3. The Hall–Kier alpha value is -3.76. The van der Waals surface area contributed by atoms with Gasteiger partial charge < -0.3 is 10.2 Å². The fourth-order valence-electron chi connectivity index (χ4n) is 5.03. The molecule has 0 radical (unpaired) electrons. The number of amides is 2.